The third-order valence-corrected chi connectivity index (χ3v) is 4.08. The molecule has 1 heterocycles. The average Bonchev–Trinajstić information content (AvgIpc) is 3.05. The molecule has 0 aliphatic carbocycles. The predicted molar refractivity (Wildman–Crippen MR) is 96.3 cm³/mol. The van der Waals surface area contributed by atoms with E-state index in [0.29, 0.717) is 11.6 Å². The Balaban J connectivity index is 1.75. The molecule has 6 heteroatoms. The van der Waals surface area contributed by atoms with Gasteiger partial charge in [-0.25, -0.2) is 9.37 Å². The number of ether oxygens (including phenoxy) is 1. The van der Waals surface area contributed by atoms with Crippen molar-refractivity contribution < 1.29 is 13.9 Å². The summed E-state index contributed by atoms with van der Waals surface area (Å²) >= 11 is 0. The first-order valence-corrected chi connectivity index (χ1v) is 8.25. The minimum Gasteiger partial charge on any atom is -0.484 e. The van der Waals surface area contributed by atoms with Gasteiger partial charge in [0.15, 0.2) is 6.61 Å². The molecule has 26 heavy (non-hydrogen) atoms. The average molecular weight is 353 g/mol. The van der Waals surface area contributed by atoms with Gasteiger partial charge >= 0.3 is 0 Å². The van der Waals surface area contributed by atoms with E-state index in [1.165, 1.54) is 12.1 Å². The third-order valence-electron chi connectivity index (χ3n) is 4.08. The number of para-hydroxylation sites is 1. The summed E-state index contributed by atoms with van der Waals surface area (Å²) in [5.74, 6) is 0.700. The fourth-order valence-electron chi connectivity index (χ4n) is 2.67. The molecule has 3 rings (SSSR count). The third kappa shape index (κ3) is 4.08. The van der Waals surface area contributed by atoms with Crippen LogP contribution in [0, 0.1) is 12.7 Å². The number of amides is 1. The van der Waals surface area contributed by atoms with Crippen LogP contribution in [0.3, 0.4) is 0 Å². The van der Waals surface area contributed by atoms with E-state index in [9.17, 15) is 9.18 Å². The molecule has 3 aromatic rings. The van der Waals surface area contributed by atoms with Crippen LogP contribution in [-0.2, 0) is 11.8 Å². The van der Waals surface area contributed by atoms with E-state index in [-0.39, 0.29) is 18.3 Å². The highest BCUT2D eigenvalue weighted by Crippen LogP contribution is 2.21. The SMILES string of the molecule is Cc1ccccc1OCC(=O)N[C@@H](c1ccc(F)cc1)c1nccn1C. The van der Waals surface area contributed by atoms with E-state index in [1.807, 2.05) is 42.8 Å². The molecule has 0 radical (unpaired) electrons. The van der Waals surface area contributed by atoms with Crippen molar-refractivity contribution in [3.8, 4) is 5.75 Å². The summed E-state index contributed by atoms with van der Waals surface area (Å²) in [6.07, 6.45) is 3.45. The number of carbonyl (C=O) groups is 1. The second kappa shape index (κ2) is 7.82. The molecule has 1 aromatic heterocycles. The molecule has 5 nitrogen and oxygen atoms in total. The maximum Gasteiger partial charge on any atom is 0.258 e. The van der Waals surface area contributed by atoms with Gasteiger partial charge in [0.1, 0.15) is 23.4 Å². The Morgan fingerprint density at radius 1 is 1.23 bits per heavy atom. The summed E-state index contributed by atoms with van der Waals surface area (Å²) in [6.45, 7) is 1.80. The number of benzene rings is 2. The van der Waals surface area contributed by atoms with Crippen molar-refractivity contribution in [3.05, 3.63) is 83.7 Å². The van der Waals surface area contributed by atoms with Gasteiger partial charge in [0.25, 0.3) is 5.91 Å². The van der Waals surface area contributed by atoms with Gasteiger partial charge in [-0.2, -0.15) is 0 Å². The molecule has 134 valence electrons. The van der Waals surface area contributed by atoms with E-state index >= 15 is 0 Å². The maximum atomic E-state index is 13.3. The van der Waals surface area contributed by atoms with Gasteiger partial charge in [-0.1, -0.05) is 30.3 Å². The van der Waals surface area contributed by atoms with Crippen molar-refractivity contribution in [2.24, 2.45) is 7.05 Å². The lowest BCUT2D eigenvalue weighted by Crippen LogP contribution is -2.34. The standard InChI is InChI=1S/C20H20FN3O2/c1-14-5-3-4-6-17(14)26-13-18(25)23-19(20-22-11-12-24(20)2)15-7-9-16(21)10-8-15/h3-12,19H,13H2,1-2H3,(H,23,25)/t19-/m0/s1. The number of carbonyl (C=O) groups excluding carboxylic acids is 1. The van der Waals surface area contributed by atoms with Crippen LogP contribution in [0.15, 0.2) is 60.9 Å². The fourth-order valence-corrected chi connectivity index (χ4v) is 2.67. The number of aromatic nitrogens is 2. The van der Waals surface area contributed by atoms with Gasteiger partial charge in [-0.3, -0.25) is 4.79 Å². The summed E-state index contributed by atoms with van der Waals surface area (Å²) in [5, 5.41) is 2.92. The maximum absolute atomic E-state index is 13.3. The fraction of sp³-hybridized carbons (Fsp3) is 0.200. The zero-order chi connectivity index (χ0) is 18.5. The Morgan fingerprint density at radius 2 is 1.96 bits per heavy atom. The van der Waals surface area contributed by atoms with Crippen molar-refractivity contribution in [2.75, 3.05) is 6.61 Å². The van der Waals surface area contributed by atoms with Crippen molar-refractivity contribution in [3.63, 3.8) is 0 Å². The highest BCUT2D eigenvalue weighted by molar-refractivity contribution is 5.78. The van der Waals surface area contributed by atoms with E-state index in [2.05, 4.69) is 10.3 Å². The van der Waals surface area contributed by atoms with E-state index in [1.54, 1.807) is 24.5 Å². The molecular weight excluding hydrogens is 333 g/mol. The Kier molecular flexibility index (Phi) is 5.31. The number of imidazole rings is 1. The monoisotopic (exact) mass is 353 g/mol. The van der Waals surface area contributed by atoms with Crippen molar-refractivity contribution >= 4 is 5.91 Å². The lowest BCUT2D eigenvalue weighted by atomic mass is 10.1. The largest absolute Gasteiger partial charge is 0.484 e. The van der Waals surface area contributed by atoms with Gasteiger partial charge in [0, 0.05) is 19.4 Å². The van der Waals surface area contributed by atoms with Crippen molar-refractivity contribution in [2.45, 2.75) is 13.0 Å². The Bertz CT molecular complexity index is 890. The molecular formula is C20H20FN3O2. The van der Waals surface area contributed by atoms with Crippen LogP contribution in [-0.4, -0.2) is 22.1 Å². The second-order valence-electron chi connectivity index (χ2n) is 6.00. The molecule has 0 saturated carbocycles. The summed E-state index contributed by atoms with van der Waals surface area (Å²) in [4.78, 5) is 16.8. The minimum absolute atomic E-state index is 0.118. The highest BCUT2D eigenvalue weighted by Gasteiger charge is 2.21. The van der Waals surface area contributed by atoms with Gasteiger partial charge in [-0.15, -0.1) is 0 Å². The molecule has 0 aliphatic heterocycles. The zero-order valence-corrected chi connectivity index (χ0v) is 14.6. The molecule has 0 fully saturated rings. The number of halogens is 1. The molecule has 0 bridgehead atoms. The number of nitrogens with one attached hydrogen (secondary N) is 1. The van der Waals surface area contributed by atoms with Crippen LogP contribution in [0.5, 0.6) is 5.75 Å². The number of aryl methyl sites for hydroxylation is 2. The van der Waals surface area contributed by atoms with E-state index < -0.39 is 6.04 Å². The van der Waals surface area contributed by atoms with Crippen molar-refractivity contribution in [1.82, 2.24) is 14.9 Å². The minimum atomic E-state index is -0.497. The number of hydrogen-bond donors (Lipinski definition) is 1. The van der Waals surface area contributed by atoms with Crippen LogP contribution < -0.4 is 10.1 Å². The highest BCUT2D eigenvalue weighted by atomic mass is 19.1. The van der Waals surface area contributed by atoms with Crippen LogP contribution >= 0.6 is 0 Å². The Morgan fingerprint density at radius 3 is 2.62 bits per heavy atom. The second-order valence-corrected chi connectivity index (χ2v) is 6.00. The zero-order valence-electron chi connectivity index (χ0n) is 14.6. The van der Waals surface area contributed by atoms with Crippen LogP contribution in [0.2, 0.25) is 0 Å². The first-order valence-electron chi connectivity index (χ1n) is 8.25. The molecule has 1 N–H and O–H groups in total. The first-order chi connectivity index (χ1) is 12.5. The van der Waals surface area contributed by atoms with Crippen LogP contribution in [0.4, 0.5) is 4.39 Å². The summed E-state index contributed by atoms with van der Waals surface area (Å²) in [7, 11) is 1.84. The predicted octanol–water partition coefficient (Wildman–Crippen LogP) is 3.15. The molecule has 0 unspecified atom stereocenters. The summed E-state index contributed by atoms with van der Waals surface area (Å²) in [5.41, 5.74) is 1.70. The normalized spacial score (nSPS) is 11.8. The quantitative estimate of drug-likeness (QED) is 0.741. The van der Waals surface area contributed by atoms with Gasteiger partial charge in [0.2, 0.25) is 0 Å². The van der Waals surface area contributed by atoms with Crippen LogP contribution in [0.1, 0.15) is 23.0 Å². The topological polar surface area (TPSA) is 56.1 Å². The molecule has 0 saturated heterocycles. The van der Waals surface area contributed by atoms with E-state index in [4.69, 9.17) is 4.74 Å². The lowest BCUT2D eigenvalue weighted by molar-refractivity contribution is -0.123. The first kappa shape index (κ1) is 17.7. The Labute approximate surface area is 151 Å². The van der Waals surface area contributed by atoms with Gasteiger partial charge in [0.05, 0.1) is 0 Å². The number of nitrogens with zero attached hydrogens (tertiary/aromatic N) is 2. The number of hydrogen-bond acceptors (Lipinski definition) is 3. The van der Waals surface area contributed by atoms with Gasteiger partial charge in [-0.05, 0) is 36.2 Å². The molecule has 2 aromatic carbocycles. The molecule has 0 aliphatic rings. The van der Waals surface area contributed by atoms with E-state index in [0.717, 1.165) is 11.1 Å². The molecule has 1 amide bonds. The lowest BCUT2D eigenvalue weighted by Gasteiger charge is -2.19. The van der Waals surface area contributed by atoms with Crippen LogP contribution in [0.25, 0.3) is 0 Å². The van der Waals surface area contributed by atoms with Crippen molar-refractivity contribution in [1.29, 1.82) is 0 Å². The van der Waals surface area contributed by atoms with Gasteiger partial charge < -0.3 is 14.6 Å². The Hall–Kier alpha value is -3.15. The molecule has 0 spiro atoms. The summed E-state index contributed by atoms with van der Waals surface area (Å²) in [6, 6.07) is 13.0. The molecule has 1 atom stereocenters. The number of rotatable bonds is 6. The summed E-state index contributed by atoms with van der Waals surface area (Å²) < 4.78 is 20.7. The smallest absolute Gasteiger partial charge is 0.258 e.